The summed E-state index contributed by atoms with van der Waals surface area (Å²) in [5.74, 6) is 0.0276. The number of hydrogen-bond acceptors (Lipinski definition) is 3. The summed E-state index contributed by atoms with van der Waals surface area (Å²) < 4.78 is 5.40. The van der Waals surface area contributed by atoms with Gasteiger partial charge in [-0.2, -0.15) is 0 Å². The minimum Gasteiger partial charge on any atom is -0.381 e. The Morgan fingerprint density at radius 3 is 2.83 bits per heavy atom. The van der Waals surface area contributed by atoms with E-state index in [0.717, 1.165) is 25.7 Å². The van der Waals surface area contributed by atoms with Crippen LogP contribution in [0.4, 0.5) is 0 Å². The topological polar surface area (TPSA) is 58.6 Å². The van der Waals surface area contributed by atoms with E-state index in [4.69, 9.17) is 4.74 Å². The summed E-state index contributed by atoms with van der Waals surface area (Å²) in [6.45, 7) is 2.09. The van der Waals surface area contributed by atoms with Crippen LogP contribution in [0.1, 0.15) is 39.0 Å². The van der Waals surface area contributed by atoms with Gasteiger partial charge in [0.25, 0.3) is 0 Å². The van der Waals surface area contributed by atoms with Crippen molar-refractivity contribution in [3.63, 3.8) is 0 Å². The SMILES string of the molecule is CCC1C(=O)NCC(=O)N1C1CCCC(OC)C1. The van der Waals surface area contributed by atoms with Crippen LogP contribution in [0.5, 0.6) is 0 Å². The molecule has 1 heterocycles. The van der Waals surface area contributed by atoms with E-state index in [0.29, 0.717) is 6.42 Å². The molecule has 18 heavy (non-hydrogen) atoms. The molecule has 1 aliphatic carbocycles. The summed E-state index contributed by atoms with van der Waals surface area (Å²) in [5, 5.41) is 2.67. The van der Waals surface area contributed by atoms with Crippen molar-refractivity contribution in [1.29, 1.82) is 0 Å². The second-order valence-corrected chi connectivity index (χ2v) is 5.12. The zero-order chi connectivity index (χ0) is 13.1. The molecule has 3 atom stereocenters. The number of carbonyl (C=O) groups excluding carboxylic acids is 2. The number of rotatable bonds is 3. The number of amides is 2. The quantitative estimate of drug-likeness (QED) is 0.806. The van der Waals surface area contributed by atoms with E-state index in [1.54, 1.807) is 7.11 Å². The lowest BCUT2D eigenvalue weighted by molar-refractivity contribution is -0.150. The van der Waals surface area contributed by atoms with Gasteiger partial charge < -0.3 is 15.0 Å². The predicted molar refractivity (Wildman–Crippen MR) is 67.0 cm³/mol. The van der Waals surface area contributed by atoms with E-state index >= 15 is 0 Å². The maximum absolute atomic E-state index is 12.1. The van der Waals surface area contributed by atoms with Crippen molar-refractivity contribution >= 4 is 11.8 Å². The van der Waals surface area contributed by atoms with Gasteiger partial charge in [0.1, 0.15) is 6.04 Å². The molecule has 0 aromatic rings. The van der Waals surface area contributed by atoms with Crippen molar-refractivity contribution < 1.29 is 14.3 Å². The molecule has 2 amide bonds. The molecule has 2 aliphatic rings. The Morgan fingerprint density at radius 2 is 2.17 bits per heavy atom. The molecule has 1 N–H and O–H groups in total. The van der Waals surface area contributed by atoms with Gasteiger partial charge in [0, 0.05) is 13.2 Å². The van der Waals surface area contributed by atoms with E-state index in [1.165, 1.54) is 0 Å². The Kier molecular flexibility index (Phi) is 4.22. The Bertz CT molecular complexity index is 332. The third kappa shape index (κ3) is 2.51. The fourth-order valence-electron chi connectivity index (χ4n) is 3.10. The molecule has 1 aliphatic heterocycles. The van der Waals surface area contributed by atoms with Gasteiger partial charge in [-0.15, -0.1) is 0 Å². The highest BCUT2D eigenvalue weighted by atomic mass is 16.5. The van der Waals surface area contributed by atoms with Gasteiger partial charge in [-0.3, -0.25) is 9.59 Å². The maximum atomic E-state index is 12.1. The average Bonchev–Trinajstić information content (AvgIpc) is 2.41. The van der Waals surface area contributed by atoms with Crippen LogP contribution in [0.3, 0.4) is 0 Å². The first kappa shape index (κ1) is 13.3. The number of nitrogens with zero attached hydrogens (tertiary/aromatic N) is 1. The molecule has 0 spiro atoms. The summed E-state index contributed by atoms with van der Waals surface area (Å²) in [4.78, 5) is 25.7. The highest BCUT2D eigenvalue weighted by Gasteiger charge is 2.39. The summed E-state index contributed by atoms with van der Waals surface area (Å²) in [7, 11) is 1.72. The highest BCUT2D eigenvalue weighted by molar-refractivity contribution is 5.94. The predicted octanol–water partition coefficient (Wildman–Crippen LogP) is 0.681. The zero-order valence-electron chi connectivity index (χ0n) is 11.1. The van der Waals surface area contributed by atoms with E-state index in [2.05, 4.69) is 5.32 Å². The minimum absolute atomic E-state index is 0.0170. The van der Waals surface area contributed by atoms with Crippen LogP contribution in [-0.4, -0.2) is 48.6 Å². The van der Waals surface area contributed by atoms with Gasteiger partial charge in [0.2, 0.25) is 11.8 Å². The smallest absolute Gasteiger partial charge is 0.243 e. The first-order valence-electron chi connectivity index (χ1n) is 6.79. The Balaban J connectivity index is 2.12. The molecule has 2 rings (SSSR count). The average molecular weight is 254 g/mol. The van der Waals surface area contributed by atoms with Crippen LogP contribution in [0.15, 0.2) is 0 Å². The van der Waals surface area contributed by atoms with E-state index in [9.17, 15) is 9.59 Å². The second-order valence-electron chi connectivity index (χ2n) is 5.12. The Hall–Kier alpha value is -1.10. The van der Waals surface area contributed by atoms with Crippen LogP contribution in [0, 0.1) is 0 Å². The fraction of sp³-hybridized carbons (Fsp3) is 0.846. The van der Waals surface area contributed by atoms with Gasteiger partial charge in [0.05, 0.1) is 12.6 Å². The monoisotopic (exact) mass is 254 g/mol. The third-order valence-corrected chi connectivity index (χ3v) is 4.05. The number of piperazine rings is 1. The molecule has 5 heteroatoms. The lowest BCUT2D eigenvalue weighted by Gasteiger charge is -2.43. The molecule has 1 saturated carbocycles. The largest absolute Gasteiger partial charge is 0.381 e. The lowest BCUT2D eigenvalue weighted by Crippen LogP contribution is -2.62. The summed E-state index contributed by atoms with van der Waals surface area (Å²) in [6, 6.07) is -0.140. The van der Waals surface area contributed by atoms with Crippen molar-refractivity contribution in [2.75, 3.05) is 13.7 Å². The highest BCUT2D eigenvalue weighted by Crippen LogP contribution is 2.28. The van der Waals surface area contributed by atoms with Crippen molar-refractivity contribution in [1.82, 2.24) is 10.2 Å². The van der Waals surface area contributed by atoms with Crippen molar-refractivity contribution in [3.05, 3.63) is 0 Å². The number of ether oxygens (including phenoxy) is 1. The van der Waals surface area contributed by atoms with E-state index in [-0.39, 0.29) is 36.5 Å². The number of carbonyl (C=O) groups is 2. The van der Waals surface area contributed by atoms with Crippen LogP contribution in [0.25, 0.3) is 0 Å². The van der Waals surface area contributed by atoms with Crippen molar-refractivity contribution in [2.45, 2.75) is 57.2 Å². The molecule has 0 aromatic heterocycles. The normalized spacial score (nSPS) is 33.4. The zero-order valence-corrected chi connectivity index (χ0v) is 11.1. The van der Waals surface area contributed by atoms with Gasteiger partial charge >= 0.3 is 0 Å². The molecule has 0 bridgehead atoms. The molecule has 1 saturated heterocycles. The fourth-order valence-corrected chi connectivity index (χ4v) is 3.10. The molecule has 102 valence electrons. The molecule has 3 unspecified atom stereocenters. The first-order chi connectivity index (χ1) is 8.67. The molecule has 0 aromatic carbocycles. The minimum atomic E-state index is -0.299. The Labute approximate surface area is 108 Å². The summed E-state index contributed by atoms with van der Waals surface area (Å²) >= 11 is 0. The van der Waals surface area contributed by atoms with Gasteiger partial charge in [-0.25, -0.2) is 0 Å². The first-order valence-corrected chi connectivity index (χ1v) is 6.79. The third-order valence-electron chi connectivity index (χ3n) is 4.05. The molecular formula is C13H22N2O3. The lowest BCUT2D eigenvalue weighted by atomic mass is 9.89. The molecule has 5 nitrogen and oxygen atoms in total. The summed E-state index contributed by atoms with van der Waals surface area (Å²) in [5.41, 5.74) is 0. The van der Waals surface area contributed by atoms with Crippen molar-refractivity contribution in [3.8, 4) is 0 Å². The number of hydrogen-bond donors (Lipinski definition) is 1. The van der Waals surface area contributed by atoms with Gasteiger partial charge in [-0.1, -0.05) is 6.92 Å². The second kappa shape index (κ2) is 5.69. The van der Waals surface area contributed by atoms with E-state index < -0.39 is 0 Å². The van der Waals surface area contributed by atoms with Crippen LogP contribution < -0.4 is 5.32 Å². The van der Waals surface area contributed by atoms with Crippen LogP contribution in [-0.2, 0) is 14.3 Å². The van der Waals surface area contributed by atoms with Gasteiger partial charge in [-0.05, 0) is 32.1 Å². The number of methoxy groups -OCH3 is 1. The maximum Gasteiger partial charge on any atom is 0.243 e. The number of nitrogens with one attached hydrogen (secondary N) is 1. The van der Waals surface area contributed by atoms with Crippen LogP contribution in [0.2, 0.25) is 0 Å². The van der Waals surface area contributed by atoms with E-state index in [1.807, 2.05) is 11.8 Å². The summed E-state index contributed by atoms with van der Waals surface area (Å²) in [6.07, 6.45) is 4.84. The van der Waals surface area contributed by atoms with Crippen LogP contribution >= 0.6 is 0 Å². The van der Waals surface area contributed by atoms with Crippen molar-refractivity contribution in [2.24, 2.45) is 0 Å². The molecule has 0 radical (unpaired) electrons. The molecular weight excluding hydrogens is 232 g/mol. The molecule has 2 fully saturated rings. The Morgan fingerprint density at radius 1 is 1.39 bits per heavy atom. The van der Waals surface area contributed by atoms with Gasteiger partial charge in [0.15, 0.2) is 0 Å². The standard InChI is InChI=1S/C13H22N2O3/c1-3-11-13(17)14-8-12(16)15(11)9-5-4-6-10(7-9)18-2/h9-11H,3-8H2,1-2H3,(H,14,17).